The van der Waals surface area contributed by atoms with Gasteiger partial charge in [-0.2, -0.15) is 0 Å². The lowest BCUT2D eigenvalue weighted by Gasteiger charge is -2.23. The number of rotatable bonds is 8. The molecule has 1 nitrogen and oxygen atoms in total. The van der Waals surface area contributed by atoms with Gasteiger partial charge in [0.15, 0.2) is 0 Å². The SMILES string of the molecule is C=C(CCC(C(=N)c1ccc(C(C)(C)C)cc1)c1ccccc1)C1=CCC(c2ccccc2)C=C1. The van der Waals surface area contributed by atoms with E-state index in [9.17, 15) is 0 Å². The highest BCUT2D eigenvalue weighted by Crippen LogP contribution is 2.33. The molecule has 35 heavy (non-hydrogen) atoms. The Balaban J connectivity index is 1.46. The summed E-state index contributed by atoms with van der Waals surface area (Å²) in [4.78, 5) is 0. The highest BCUT2D eigenvalue weighted by Gasteiger charge is 2.21. The molecule has 1 aliphatic carbocycles. The minimum absolute atomic E-state index is 0.0404. The van der Waals surface area contributed by atoms with Gasteiger partial charge in [-0.1, -0.05) is 131 Å². The summed E-state index contributed by atoms with van der Waals surface area (Å²) < 4.78 is 0. The Morgan fingerprint density at radius 2 is 1.54 bits per heavy atom. The van der Waals surface area contributed by atoms with Crippen LogP contribution in [0.4, 0.5) is 0 Å². The van der Waals surface area contributed by atoms with Crippen LogP contribution in [-0.4, -0.2) is 5.71 Å². The first-order chi connectivity index (χ1) is 16.8. The first-order valence-electron chi connectivity index (χ1n) is 12.7. The molecule has 3 aromatic rings. The number of benzene rings is 3. The zero-order valence-corrected chi connectivity index (χ0v) is 21.3. The van der Waals surface area contributed by atoms with E-state index in [0.29, 0.717) is 11.6 Å². The average Bonchev–Trinajstić information content (AvgIpc) is 2.89. The van der Waals surface area contributed by atoms with Crippen molar-refractivity contribution in [1.82, 2.24) is 0 Å². The van der Waals surface area contributed by atoms with Crippen LogP contribution in [0.15, 0.2) is 121 Å². The van der Waals surface area contributed by atoms with Gasteiger partial charge in [-0.3, -0.25) is 0 Å². The summed E-state index contributed by atoms with van der Waals surface area (Å²) in [6.45, 7) is 11.1. The Hall–Kier alpha value is -3.45. The fraction of sp³-hybridized carbons (Fsp3) is 0.265. The van der Waals surface area contributed by atoms with Gasteiger partial charge in [-0.25, -0.2) is 0 Å². The first kappa shape index (κ1) is 24.7. The maximum atomic E-state index is 9.10. The van der Waals surface area contributed by atoms with Gasteiger partial charge in [0.25, 0.3) is 0 Å². The molecule has 3 aromatic carbocycles. The molecule has 0 saturated carbocycles. The number of hydrogen-bond acceptors (Lipinski definition) is 1. The predicted molar refractivity (Wildman–Crippen MR) is 151 cm³/mol. The predicted octanol–water partition coefficient (Wildman–Crippen LogP) is 9.14. The second-order valence-corrected chi connectivity index (χ2v) is 10.6. The van der Waals surface area contributed by atoms with Crippen LogP contribution < -0.4 is 0 Å². The Bertz CT molecular complexity index is 1210. The number of hydrogen-bond donors (Lipinski definition) is 1. The second kappa shape index (κ2) is 10.9. The first-order valence-corrected chi connectivity index (χ1v) is 12.7. The van der Waals surface area contributed by atoms with Crippen molar-refractivity contribution in [3.63, 3.8) is 0 Å². The molecule has 178 valence electrons. The summed E-state index contributed by atoms with van der Waals surface area (Å²) >= 11 is 0. The zero-order valence-electron chi connectivity index (χ0n) is 21.3. The van der Waals surface area contributed by atoms with E-state index in [1.807, 2.05) is 6.07 Å². The molecular weight excluding hydrogens is 422 g/mol. The molecule has 0 fully saturated rings. The molecule has 0 spiro atoms. The summed E-state index contributed by atoms with van der Waals surface area (Å²) in [6.07, 6.45) is 9.62. The van der Waals surface area contributed by atoms with Crippen molar-refractivity contribution in [1.29, 1.82) is 5.41 Å². The summed E-state index contributed by atoms with van der Waals surface area (Å²) in [5.41, 5.74) is 8.04. The smallest absolute Gasteiger partial charge is 0.0461 e. The van der Waals surface area contributed by atoms with Gasteiger partial charge in [0.05, 0.1) is 0 Å². The van der Waals surface area contributed by atoms with Gasteiger partial charge in [0, 0.05) is 17.5 Å². The van der Waals surface area contributed by atoms with Crippen LogP contribution in [0.1, 0.15) is 74.1 Å². The van der Waals surface area contributed by atoms with Crippen molar-refractivity contribution in [2.24, 2.45) is 0 Å². The monoisotopic (exact) mass is 459 g/mol. The summed E-state index contributed by atoms with van der Waals surface area (Å²) in [5.74, 6) is 0.479. The third kappa shape index (κ3) is 6.17. The van der Waals surface area contributed by atoms with Crippen molar-refractivity contribution in [3.05, 3.63) is 143 Å². The van der Waals surface area contributed by atoms with E-state index in [1.165, 1.54) is 22.3 Å². The number of allylic oxidation sites excluding steroid dienone is 5. The lowest BCUT2D eigenvalue weighted by Crippen LogP contribution is -2.15. The Morgan fingerprint density at radius 3 is 2.11 bits per heavy atom. The average molecular weight is 460 g/mol. The van der Waals surface area contributed by atoms with E-state index in [2.05, 4.69) is 124 Å². The van der Waals surface area contributed by atoms with Crippen molar-refractivity contribution < 1.29 is 0 Å². The normalized spacial score (nSPS) is 16.4. The third-order valence-corrected chi connectivity index (χ3v) is 7.08. The molecule has 1 N–H and O–H groups in total. The third-order valence-electron chi connectivity index (χ3n) is 7.08. The van der Waals surface area contributed by atoms with E-state index in [0.717, 1.165) is 30.4 Å². The van der Waals surface area contributed by atoms with Crippen LogP contribution in [0.5, 0.6) is 0 Å². The second-order valence-electron chi connectivity index (χ2n) is 10.6. The maximum Gasteiger partial charge on any atom is 0.0461 e. The van der Waals surface area contributed by atoms with E-state index >= 15 is 0 Å². The molecule has 0 bridgehead atoms. The van der Waals surface area contributed by atoms with Crippen LogP contribution in [-0.2, 0) is 5.41 Å². The van der Waals surface area contributed by atoms with Gasteiger partial charge in [-0.15, -0.1) is 0 Å². The molecule has 1 heteroatoms. The molecule has 0 aromatic heterocycles. The number of nitrogens with one attached hydrogen (secondary N) is 1. The van der Waals surface area contributed by atoms with Gasteiger partial charge in [0.1, 0.15) is 0 Å². The van der Waals surface area contributed by atoms with Crippen molar-refractivity contribution >= 4 is 5.71 Å². The van der Waals surface area contributed by atoms with E-state index in [1.54, 1.807) is 0 Å². The molecule has 4 rings (SSSR count). The van der Waals surface area contributed by atoms with Crippen LogP contribution in [0.2, 0.25) is 0 Å². The minimum atomic E-state index is 0.0404. The largest absolute Gasteiger partial charge is 0.304 e. The summed E-state index contributed by atoms with van der Waals surface area (Å²) in [5, 5.41) is 9.10. The Kier molecular flexibility index (Phi) is 7.66. The standard InChI is InChI=1S/C34H37N/c1-25(26-16-18-28(19-17-26)27-11-7-5-8-12-27)15-24-32(29-13-9-6-10-14-29)33(35)30-20-22-31(23-21-30)34(2,3)4/h5-14,16-18,20-23,28,32,35H,1,15,19,24H2,2-4H3. The van der Waals surface area contributed by atoms with Crippen molar-refractivity contribution in [3.8, 4) is 0 Å². The van der Waals surface area contributed by atoms with E-state index in [-0.39, 0.29) is 11.3 Å². The van der Waals surface area contributed by atoms with Crippen LogP contribution in [0.3, 0.4) is 0 Å². The lowest BCUT2D eigenvalue weighted by atomic mass is 9.82. The maximum absolute atomic E-state index is 9.10. The molecule has 2 unspecified atom stereocenters. The van der Waals surface area contributed by atoms with Crippen LogP contribution >= 0.6 is 0 Å². The molecule has 1 aliphatic rings. The summed E-state index contributed by atoms with van der Waals surface area (Å²) in [7, 11) is 0. The van der Waals surface area contributed by atoms with Gasteiger partial charge in [-0.05, 0) is 58.1 Å². The van der Waals surface area contributed by atoms with Gasteiger partial charge >= 0.3 is 0 Å². The van der Waals surface area contributed by atoms with Gasteiger partial charge in [0.2, 0.25) is 0 Å². The van der Waals surface area contributed by atoms with Crippen molar-refractivity contribution in [2.75, 3.05) is 0 Å². The molecule has 0 amide bonds. The molecule has 0 aliphatic heterocycles. The quantitative estimate of drug-likeness (QED) is 0.325. The molecule has 0 radical (unpaired) electrons. The van der Waals surface area contributed by atoms with E-state index < -0.39 is 0 Å². The topological polar surface area (TPSA) is 23.9 Å². The van der Waals surface area contributed by atoms with Crippen LogP contribution in [0.25, 0.3) is 0 Å². The zero-order chi connectivity index (χ0) is 24.8. The molecule has 2 atom stereocenters. The molecular formula is C34H37N. The Labute approximate surface area is 211 Å². The molecule has 0 heterocycles. The van der Waals surface area contributed by atoms with Crippen LogP contribution in [0, 0.1) is 5.41 Å². The fourth-order valence-electron chi connectivity index (χ4n) is 4.81. The highest BCUT2D eigenvalue weighted by atomic mass is 14.5. The Morgan fingerprint density at radius 1 is 0.914 bits per heavy atom. The molecule has 0 saturated heterocycles. The van der Waals surface area contributed by atoms with Gasteiger partial charge < -0.3 is 5.41 Å². The van der Waals surface area contributed by atoms with E-state index in [4.69, 9.17) is 5.41 Å². The lowest BCUT2D eigenvalue weighted by molar-refractivity contribution is 0.590. The van der Waals surface area contributed by atoms with Crippen molar-refractivity contribution in [2.45, 2.75) is 57.3 Å². The fourth-order valence-corrected chi connectivity index (χ4v) is 4.81. The minimum Gasteiger partial charge on any atom is -0.304 e. The highest BCUT2D eigenvalue weighted by molar-refractivity contribution is 6.03. The summed E-state index contributed by atoms with van der Waals surface area (Å²) in [6, 6.07) is 29.7.